The van der Waals surface area contributed by atoms with E-state index in [2.05, 4.69) is 41.7 Å². The van der Waals surface area contributed by atoms with Gasteiger partial charge < -0.3 is 9.72 Å². The van der Waals surface area contributed by atoms with E-state index in [1.54, 1.807) is 0 Å². The molecule has 2 aromatic rings. The number of fused-ring (bicyclic) bond motifs is 1. The molecular weight excluding hydrogens is 198 g/mol. The molecule has 0 spiro atoms. The van der Waals surface area contributed by atoms with E-state index in [-0.39, 0.29) is 0 Å². The van der Waals surface area contributed by atoms with Gasteiger partial charge in [-0.1, -0.05) is 19.9 Å². The summed E-state index contributed by atoms with van der Waals surface area (Å²) in [7, 11) is 0. The maximum atomic E-state index is 4.54. The molecule has 86 valence electrons. The van der Waals surface area contributed by atoms with Gasteiger partial charge in [0.2, 0.25) is 0 Å². The summed E-state index contributed by atoms with van der Waals surface area (Å²) < 4.78 is 2.05. The van der Waals surface area contributed by atoms with Crippen LogP contribution in [0.4, 0.5) is 0 Å². The predicted molar refractivity (Wildman–Crippen MR) is 66.3 cm³/mol. The fraction of sp³-hybridized carbons (Fsp3) is 0.462. The summed E-state index contributed by atoms with van der Waals surface area (Å²) in [5.74, 6) is 0.650. The third-order valence-corrected chi connectivity index (χ3v) is 3.02. The molecule has 2 aromatic heterocycles. The molecule has 3 nitrogen and oxygen atoms in total. The van der Waals surface area contributed by atoms with Crippen molar-refractivity contribution >= 4 is 5.65 Å². The maximum absolute atomic E-state index is 4.54. The lowest BCUT2D eigenvalue weighted by atomic mass is 10.1. The van der Waals surface area contributed by atoms with Crippen LogP contribution >= 0.6 is 0 Å². The molecule has 0 radical (unpaired) electrons. The number of aromatic nitrogens is 2. The summed E-state index contributed by atoms with van der Waals surface area (Å²) in [6, 6.07) is 6.57. The highest BCUT2D eigenvalue weighted by Crippen LogP contribution is 2.06. The predicted octanol–water partition coefficient (Wildman–Crippen LogP) is 2.47. The average Bonchev–Trinajstić information content (AvgIpc) is 2.68. The van der Waals surface area contributed by atoms with Crippen molar-refractivity contribution in [2.75, 3.05) is 0 Å². The van der Waals surface area contributed by atoms with E-state index in [1.807, 2.05) is 24.4 Å². The van der Waals surface area contributed by atoms with Crippen molar-refractivity contribution < 1.29 is 0 Å². The van der Waals surface area contributed by atoms with Gasteiger partial charge in [0.1, 0.15) is 5.65 Å². The Morgan fingerprint density at radius 2 is 2.12 bits per heavy atom. The average molecular weight is 217 g/mol. The minimum Gasteiger partial charge on any atom is -0.308 e. The monoisotopic (exact) mass is 217 g/mol. The molecule has 0 bridgehead atoms. The number of pyridine rings is 1. The van der Waals surface area contributed by atoms with Crippen LogP contribution in [0.1, 0.15) is 26.5 Å². The van der Waals surface area contributed by atoms with E-state index in [4.69, 9.17) is 0 Å². The Balaban J connectivity index is 2.05. The summed E-state index contributed by atoms with van der Waals surface area (Å²) in [6.45, 7) is 7.49. The Labute approximate surface area is 96.5 Å². The van der Waals surface area contributed by atoms with Crippen molar-refractivity contribution in [3.05, 3.63) is 36.3 Å². The highest BCUT2D eigenvalue weighted by molar-refractivity contribution is 5.39. The van der Waals surface area contributed by atoms with Gasteiger partial charge in [0.05, 0.1) is 5.69 Å². The van der Waals surface area contributed by atoms with Crippen LogP contribution < -0.4 is 5.32 Å². The lowest BCUT2D eigenvalue weighted by Gasteiger charge is -2.16. The second-order valence-corrected chi connectivity index (χ2v) is 4.61. The Bertz CT molecular complexity index is 426. The standard InChI is InChI=1S/C13H19N3/c1-10(2)11(3)14-8-12-9-16-7-5-4-6-13(16)15-12/h4-7,9-11,14H,8H2,1-3H3. The number of hydrogen-bond donors (Lipinski definition) is 1. The smallest absolute Gasteiger partial charge is 0.137 e. The second-order valence-electron chi connectivity index (χ2n) is 4.61. The summed E-state index contributed by atoms with van der Waals surface area (Å²) in [5, 5.41) is 3.48. The molecule has 0 saturated carbocycles. The molecule has 2 rings (SSSR count). The zero-order valence-electron chi connectivity index (χ0n) is 10.1. The van der Waals surface area contributed by atoms with Crippen molar-refractivity contribution in [2.24, 2.45) is 5.92 Å². The van der Waals surface area contributed by atoms with Gasteiger partial charge in [-0.2, -0.15) is 0 Å². The van der Waals surface area contributed by atoms with Crippen molar-refractivity contribution in [3.8, 4) is 0 Å². The van der Waals surface area contributed by atoms with Crippen LogP contribution in [0.25, 0.3) is 5.65 Å². The largest absolute Gasteiger partial charge is 0.308 e. The molecule has 0 aliphatic carbocycles. The van der Waals surface area contributed by atoms with E-state index in [1.165, 1.54) is 0 Å². The molecule has 0 amide bonds. The molecule has 1 atom stereocenters. The van der Waals surface area contributed by atoms with Crippen molar-refractivity contribution in [1.29, 1.82) is 0 Å². The van der Waals surface area contributed by atoms with Crippen LogP contribution in [0, 0.1) is 5.92 Å². The summed E-state index contributed by atoms with van der Waals surface area (Å²) in [5.41, 5.74) is 2.11. The second kappa shape index (κ2) is 4.66. The first-order valence-electron chi connectivity index (χ1n) is 5.83. The summed E-state index contributed by atoms with van der Waals surface area (Å²) >= 11 is 0. The molecule has 3 heteroatoms. The molecule has 2 heterocycles. The first-order valence-corrected chi connectivity index (χ1v) is 5.83. The van der Waals surface area contributed by atoms with E-state index >= 15 is 0 Å². The molecular formula is C13H19N3. The van der Waals surface area contributed by atoms with Crippen LogP contribution in [-0.2, 0) is 6.54 Å². The molecule has 0 saturated heterocycles. The minimum atomic E-state index is 0.518. The fourth-order valence-electron chi connectivity index (χ4n) is 1.57. The molecule has 0 aliphatic rings. The van der Waals surface area contributed by atoms with Crippen molar-refractivity contribution in [3.63, 3.8) is 0 Å². The van der Waals surface area contributed by atoms with Crippen LogP contribution in [0.3, 0.4) is 0 Å². The van der Waals surface area contributed by atoms with Crippen LogP contribution in [0.5, 0.6) is 0 Å². The summed E-state index contributed by atoms with van der Waals surface area (Å²) in [6.07, 6.45) is 4.10. The zero-order chi connectivity index (χ0) is 11.5. The number of rotatable bonds is 4. The zero-order valence-corrected chi connectivity index (χ0v) is 10.1. The fourth-order valence-corrected chi connectivity index (χ4v) is 1.57. The molecule has 16 heavy (non-hydrogen) atoms. The van der Waals surface area contributed by atoms with E-state index in [0.717, 1.165) is 17.9 Å². The third kappa shape index (κ3) is 2.42. The molecule has 0 aromatic carbocycles. The van der Waals surface area contributed by atoms with Gasteiger partial charge in [0.15, 0.2) is 0 Å². The third-order valence-electron chi connectivity index (χ3n) is 3.02. The van der Waals surface area contributed by atoms with Crippen LogP contribution in [0.2, 0.25) is 0 Å². The van der Waals surface area contributed by atoms with E-state index in [9.17, 15) is 0 Å². The van der Waals surface area contributed by atoms with Gasteiger partial charge >= 0.3 is 0 Å². The quantitative estimate of drug-likeness (QED) is 0.852. The molecule has 0 aliphatic heterocycles. The Kier molecular flexibility index (Phi) is 3.25. The lowest BCUT2D eigenvalue weighted by molar-refractivity contribution is 0.424. The van der Waals surface area contributed by atoms with Gasteiger partial charge in [0, 0.05) is 25.0 Å². The van der Waals surface area contributed by atoms with Crippen molar-refractivity contribution in [2.45, 2.75) is 33.4 Å². The van der Waals surface area contributed by atoms with Gasteiger partial charge in [-0.05, 0) is 25.0 Å². The maximum Gasteiger partial charge on any atom is 0.137 e. The normalized spacial score (nSPS) is 13.5. The van der Waals surface area contributed by atoms with Crippen molar-refractivity contribution in [1.82, 2.24) is 14.7 Å². The van der Waals surface area contributed by atoms with E-state index in [0.29, 0.717) is 12.0 Å². The minimum absolute atomic E-state index is 0.518. The topological polar surface area (TPSA) is 29.3 Å². The van der Waals surface area contributed by atoms with Gasteiger partial charge in [0.25, 0.3) is 0 Å². The summed E-state index contributed by atoms with van der Waals surface area (Å²) in [4.78, 5) is 4.54. The molecule has 1 N–H and O–H groups in total. The lowest BCUT2D eigenvalue weighted by Crippen LogP contribution is -2.30. The highest BCUT2D eigenvalue weighted by atomic mass is 15.0. The van der Waals surface area contributed by atoms with Gasteiger partial charge in [-0.25, -0.2) is 4.98 Å². The van der Waals surface area contributed by atoms with Crippen LogP contribution in [0.15, 0.2) is 30.6 Å². The SMILES string of the molecule is CC(C)C(C)NCc1cn2ccccc2n1. The first-order chi connectivity index (χ1) is 7.66. The molecule has 0 fully saturated rings. The number of nitrogens with zero attached hydrogens (tertiary/aromatic N) is 2. The van der Waals surface area contributed by atoms with Gasteiger partial charge in [-0.3, -0.25) is 0 Å². The number of imidazole rings is 1. The number of nitrogens with one attached hydrogen (secondary N) is 1. The van der Waals surface area contributed by atoms with Crippen LogP contribution in [-0.4, -0.2) is 15.4 Å². The molecule has 1 unspecified atom stereocenters. The number of hydrogen-bond acceptors (Lipinski definition) is 2. The Hall–Kier alpha value is -1.35. The van der Waals surface area contributed by atoms with Gasteiger partial charge in [-0.15, -0.1) is 0 Å². The first kappa shape index (κ1) is 11.1. The highest BCUT2D eigenvalue weighted by Gasteiger charge is 2.07. The Morgan fingerprint density at radius 3 is 2.81 bits per heavy atom. The van der Waals surface area contributed by atoms with E-state index < -0.39 is 0 Å². The Morgan fingerprint density at radius 1 is 1.31 bits per heavy atom.